The van der Waals surface area contributed by atoms with Gasteiger partial charge in [-0.1, -0.05) is 12.2 Å². The number of hydrogen-bond acceptors (Lipinski definition) is 3. The molecule has 0 radical (unpaired) electrons. The molecular formula is C12H16F3N3S. The maximum atomic E-state index is 12.6. The number of thiocarbonyl (C=S) groups is 1. The fourth-order valence-electron chi connectivity index (χ4n) is 1.95. The first-order chi connectivity index (χ1) is 8.65. The van der Waals surface area contributed by atoms with Gasteiger partial charge in [0, 0.05) is 17.9 Å². The molecule has 0 bridgehead atoms. The molecule has 0 spiro atoms. The van der Waals surface area contributed by atoms with Crippen molar-refractivity contribution in [2.75, 3.05) is 18.0 Å². The van der Waals surface area contributed by atoms with E-state index in [0.29, 0.717) is 22.6 Å². The van der Waals surface area contributed by atoms with E-state index < -0.39 is 12.7 Å². The van der Waals surface area contributed by atoms with E-state index in [0.717, 1.165) is 0 Å². The highest BCUT2D eigenvalue weighted by Crippen LogP contribution is 2.27. The van der Waals surface area contributed by atoms with Crippen molar-refractivity contribution in [3.63, 3.8) is 0 Å². The van der Waals surface area contributed by atoms with Crippen LogP contribution in [0.15, 0.2) is 6.07 Å². The number of nitrogens with two attached hydrogens (primary N) is 1. The molecule has 1 aromatic heterocycles. The molecule has 0 aliphatic carbocycles. The van der Waals surface area contributed by atoms with Gasteiger partial charge >= 0.3 is 6.18 Å². The molecule has 106 valence electrons. The van der Waals surface area contributed by atoms with Gasteiger partial charge in [0.05, 0.1) is 11.3 Å². The molecule has 0 aliphatic heterocycles. The summed E-state index contributed by atoms with van der Waals surface area (Å²) in [5, 5.41) is 0. The minimum Gasteiger partial charge on any atom is -0.389 e. The zero-order valence-electron chi connectivity index (χ0n) is 11.0. The van der Waals surface area contributed by atoms with Crippen LogP contribution in [-0.4, -0.2) is 29.2 Å². The summed E-state index contributed by atoms with van der Waals surface area (Å²) in [6.45, 7) is 4.23. The highest BCUT2D eigenvalue weighted by atomic mass is 32.1. The summed E-state index contributed by atoms with van der Waals surface area (Å²) >= 11 is 4.92. The number of alkyl halides is 3. The van der Waals surface area contributed by atoms with Crippen LogP contribution < -0.4 is 10.6 Å². The molecule has 0 saturated carbocycles. The van der Waals surface area contributed by atoms with E-state index in [1.54, 1.807) is 26.8 Å². The molecule has 2 N–H and O–H groups in total. The third-order valence-electron chi connectivity index (χ3n) is 2.65. The smallest absolute Gasteiger partial charge is 0.389 e. The quantitative estimate of drug-likeness (QED) is 0.866. The van der Waals surface area contributed by atoms with Crippen LogP contribution in [-0.2, 0) is 0 Å². The lowest BCUT2D eigenvalue weighted by molar-refractivity contribution is -0.119. The minimum absolute atomic E-state index is 0.0561. The number of halogens is 3. The van der Waals surface area contributed by atoms with E-state index in [2.05, 4.69) is 4.98 Å². The van der Waals surface area contributed by atoms with Crippen molar-refractivity contribution in [1.29, 1.82) is 0 Å². The molecule has 0 unspecified atom stereocenters. The first-order valence-electron chi connectivity index (χ1n) is 5.75. The van der Waals surface area contributed by atoms with Gasteiger partial charge in [0.25, 0.3) is 0 Å². The Kier molecular flexibility index (Phi) is 4.73. The van der Waals surface area contributed by atoms with Crippen molar-refractivity contribution < 1.29 is 13.2 Å². The molecule has 0 fully saturated rings. The summed E-state index contributed by atoms with van der Waals surface area (Å²) in [5.41, 5.74) is 7.58. The van der Waals surface area contributed by atoms with Gasteiger partial charge in [-0.2, -0.15) is 13.2 Å². The molecule has 0 saturated heterocycles. The third-order valence-corrected chi connectivity index (χ3v) is 2.85. The van der Waals surface area contributed by atoms with Crippen LogP contribution >= 0.6 is 12.2 Å². The Morgan fingerprint density at radius 1 is 1.42 bits per heavy atom. The third kappa shape index (κ3) is 4.05. The van der Waals surface area contributed by atoms with Crippen LogP contribution in [0, 0.1) is 13.8 Å². The van der Waals surface area contributed by atoms with Crippen LogP contribution in [0.1, 0.15) is 23.9 Å². The Morgan fingerprint density at radius 2 is 2.00 bits per heavy atom. The molecule has 0 aliphatic rings. The number of anilines is 1. The predicted octanol–water partition coefficient (Wildman–Crippen LogP) is 2.72. The number of pyridine rings is 1. The van der Waals surface area contributed by atoms with Crippen LogP contribution in [0.2, 0.25) is 0 Å². The van der Waals surface area contributed by atoms with E-state index in [1.807, 2.05) is 0 Å². The highest BCUT2D eigenvalue weighted by Gasteiger charge is 2.31. The molecule has 19 heavy (non-hydrogen) atoms. The standard InChI is InChI=1S/C12H16F3N3S/c1-4-18(6-12(13,14)15)9-5-7(2)17-8(3)10(9)11(16)19/h5H,4,6H2,1-3H3,(H2,16,19). The lowest BCUT2D eigenvalue weighted by Crippen LogP contribution is -2.35. The summed E-state index contributed by atoms with van der Waals surface area (Å²) in [5.74, 6) is 0. The summed E-state index contributed by atoms with van der Waals surface area (Å²) in [6, 6.07) is 1.58. The normalized spacial score (nSPS) is 11.5. The molecule has 1 heterocycles. The first-order valence-corrected chi connectivity index (χ1v) is 6.16. The fourth-order valence-corrected chi connectivity index (χ4v) is 2.20. The van der Waals surface area contributed by atoms with Gasteiger partial charge < -0.3 is 10.6 Å². The van der Waals surface area contributed by atoms with Crippen molar-refractivity contribution >= 4 is 22.9 Å². The predicted molar refractivity (Wildman–Crippen MR) is 73.5 cm³/mol. The topological polar surface area (TPSA) is 42.2 Å². The number of aromatic nitrogens is 1. The fraction of sp³-hybridized carbons (Fsp3) is 0.500. The monoisotopic (exact) mass is 291 g/mol. The molecule has 0 amide bonds. The van der Waals surface area contributed by atoms with Crippen molar-refractivity contribution in [2.24, 2.45) is 5.73 Å². The van der Waals surface area contributed by atoms with Crippen molar-refractivity contribution in [3.8, 4) is 0 Å². The maximum Gasteiger partial charge on any atom is 0.405 e. The maximum absolute atomic E-state index is 12.6. The molecule has 0 aromatic carbocycles. The Balaban J connectivity index is 3.33. The van der Waals surface area contributed by atoms with E-state index in [4.69, 9.17) is 18.0 Å². The first kappa shape index (κ1) is 15.7. The van der Waals surface area contributed by atoms with Gasteiger partial charge in [0.1, 0.15) is 11.5 Å². The van der Waals surface area contributed by atoms with Crippen LogP contribution in [0.4, 0.5) is 18.9 Å². The average Bonchev–Trinajstić information content (AvgIpc) is 2.22. The number of nitrogens with zero attached hydrogens (tertiary/aromatic N) is 2. The lowest BCUT2D eigenvalue weighted by atomic mass is 10.1. The van der Waals surface area contributed by atoms with Crippen molar-refractivity contribution in [3.05, 3.63) is 23.0 Å². The molecular weight excluding hydrogens is 275 g/mol. The van der Waals surface area contributed by atoms with Gasteiger partial charge in [-0.3, -0.25) is 4.98 Å². The van der Waals surface area contributed by atoms with Crippen molar-refractivity contribution in [1.82, 2.24) is 4.98 Å². The van der Waals surface area contributed by atoms with Gasteiger partial charge in [0.15, 0.2) is 0 Å². The van der Waals surface area contributed by atoms with Crippen LogP contribution in [0.25, 0.3) is 0 Å². The van der Waals surface area contributed by atoms with E-state index in [9.17, 15) is 13.2 Å². The Labute approximate surface area is 115 Å². The van der Waals surface area contributed by atoms with Crippen molar-refractivity contribution in [2.45, 2.75) is 26.9 Å². The van der Waals surface area contributed by atoms with E-state index in [1.165, 1.54) is 4.90 Å². The molecule has 0 atom stereocenters. The Bertz CT molecular complexity index is 486. The van der Waals surface area contributed by atoms with E-state index in [-0.39, 0.29) is 11.5 Å². The zero-order chi connectivity index (χ0) is 14.8. The van der Waals surface area contributed by atoms with Crippen LogP contribution in [0.3, 0.4) is 0 Å². The second-order valence-electron chi connectivity index (χ2n) is 4.24. The summed E-state index contributed by atoms with van der Waals surface area (Å²) in [7, 11) is 0. The zero-order valence-corrected chi connectivity index (χ0v) is 11.8. The Morgan fingerprint density at radius 3 is 2.42 bits per heavy atom. The molecule has 3 nitrogen and oxygen atoms in total. The van der Waals surface area contributed by atoms with Gasteiger partial charge in [-0.25, -0.2) is 0 Å². The molecule has 7 heteroatoms. The average molecular weight is 291 g/mol. The minimum atomic E-state index is -4.28. The Hall–Kier alpha value is -1.37. The lowest BCUT2D eigenvalue weighted by Gasteiger charge is -2.27. The second kappa shape index (κ2) is 5.73. The van der Waals surface area contributed by atoms with Gasteiger partial charge in [0.2, 0.25) is 0 Å². The summed E-state index contributed by atoms with van der Waals surface area (Å²) in [6.07, 6.45) is -4.28. The highest BCUT2D eigenvalue weighted by molar-refractivity contribution is 7.80. The summed E-state index contributed by atoms with van der Waals surface area (Å²) in [4.78, 5) is 5.45. The number of aryl methyl sites for hydroxylation is 2. The second-order valence-corrected chi connectivity index (χ2v) is 4.68. The largest absolute Gasteiger partial charge is 0.405 e. The van der Waals surface area contributed by atoms with Crippen LogP contribution in [0.5, 0.6) is 0 Å². The SMILES string of the molecule is CCN(CC(F)(F)F)c1cc(C)nc(C)c1C(N)=S. The molecule has 1 aromatic rings. The summed E-state index contributed by atoms with van der Waals surface area (Å²) < 4.78 is 37.8. The van der Waals surface area contributed by atoms with E-state index >= 15 is 0 Å². The number of hydrogen-bond donors (Lipinski definition) is 1. The van der Waals surface area contributed by atoms with Gasteiger partial charge in [-0.05, 0) is 26.8 Å². The number of rotatable bonds is 4. The van der Waals surface area contributed by atoms with Gasteiger partial charge in [-0.15, -0.1) is 0 Å². The molecule has 1 rings (SSSR count).